The standard InChI is InChI=1S/C18H13F3N2O4/c1-27-17(26)14-15(22)12-7-2-9(18(19,20)21)8-13(12)23(16(14)25)10-3-5-11(24)6-4-10/h2-8,24H,22H2,1H3. The van der Waals surface area contributed by atoms with Crippen molar-refractivity contribution >= 4 is 22.6 Å². The van der Waals surface area contributed by atoms with Crippen molar-refractivity contribution in [2.75, 3.05) is 12.8 Å². The Labute approximate surface area is 150 Å². The number of carbonyl (C=O) groups is 1. The number of ether oxygens (including phenoxy) is 1. The second kappa shape index (κ2) is 6.35. The van der Waals surface area contributed by atoms with Gasteiger partial charge in [0.25, 0.3) is 5.56 Å². The maximum absolute atomic E-state index is 13.1. The number of hydrogen-bond donors (Lipinski definition) is 2. The zero-order valence-corrected chi connectivity index (χ0v) is 13.9. The number of nitrogens with two attached hydrogens (primary N) is 1. The molecule has 140 valence electrons. The van der Waals surface area contributed by atoms with Crippen LogP contribution in [-0.4, -0.2) is 22.8 Å². The summed E-state index contributed by atoms with van der Waals surface area (Å²) in [4.78, 5) is 24.9. The van der Waals surface area contributed by atoms with Gasteiger partial charge >= 0.3 is 12.1 Å². The van der Waals surface area contributed by atoms with Crippen LogP contribution in [0.2, 0.25) is 0 Å². The minimum atomic E-state index is -4.64. The van der Waals surface area contributed by atoms with E-state index < -0.39 is 28.8 Å². The fraction of sp³-hybridized carbons (Fsp3) is 0.111. The molecule has 0 spiro atoms. The number of pyridine rings is 1. The molecule has 2 aromatic carbocycles. The molecule has 3 N–H and O–H groups in total. The zero-order valence-electron chi connectivity index (χ0n) is 13.9. The third kappa shape index (κ3) is 3.07. The Hall–Kier alpha value is -3.49. The number of esters is 1. The third-order valence-electron chi connectivity index (χ3n) is 4.04. The number of carbonyl (C=O) groups excluding carboxylic acids is 1. The van der Waals surface area contributed by atoms with Crippen molar-refractivity contribution in [3.05, 3.63) is 63.9 Å². The van der Waals surface area contributed by atoms with Crippen molar-refractivity contribution < 1.29 is 27.8 Å². The zero-order chi connectivity index (χ0) is 19.9. The molecular formula is C18H13F3N2O4. The Morgan fingerprint density at radius 2 is 1.78 bits per heavy atom. The molecule has 0 bridgehead atoms. The van der Waals surface area contributed by atoms with Gasteiger partial charge in [-0.05, 0) is 36.4 Å². The van der Waals surface area contributed by atoms with Gasteiger partial charge in [0, 0.05) is 11.1 Å². The van der Waals surface area contributed by atoms with Crippen LogP contribution in [0, 0.1) is 0 Å². The number of fused-ring (bicyclic) bond motifs is 1. The molecule has 0 aliphatic carbocycles. The lowest BCUT2D eigenvalue weighted by Crippen LogP contribution is -2.28. The number of halogens is 3. The van der Waals surface area contributed by atoms with Crippen molar-refractivity contribution in [3.63, 3.8) is 0 Å². The predicted octanol–water partition coefficient (Wildman–Crippen LogP) is 3.08. The van der Waals surface area contributed by atoms with Crippen LogP contribution >= 0.6 is 0 Å². The van der Waals surface area contributed by atoms with Crippen LogP contribution in [0.15, 0.2) is 47.3 Å². The molecule has 0 amide bonds. The van der Waals surface area contributed by atoms with Crippen LogP contribution in [0.4, 0.5) is 18.9 Å². The second-order valence-corrected chi connectivity index (χ2v) is 5.67. The number of hydrogen-bond acceptors (Lipinski definition) is 5. The molecule has 0 atom stereocenters. The molecule has 0 aliphatic heterocycles. The summed E-state index contributed by atoms with van der Waals surface area (Å²) in [5, 5.41) is 9.51. The van der Waals surface area contributed by atoms with Crippen LogP contribution in [-0.2, 0) is 10.9 Å². The maximum Gasteiger partial charge on any atom is 0.416 e. The fourth-order valence-corrected chi connectivity index (χ4v) is 2.75. The molecule has 0 saturated heterocycles. The number of aromatic nitrogens is 1. The lowest BCUT2D eigenvalue weighted by atomic mass is 10.1. The van der Waals surface area contributed by atoms with E-state index in [0.29, 0.717) is 0 Å². The number of phenols is 1. The van der Waals surface area contributed by atoms with Gasteiger partial charge in [0.1, 0.15) is 11.3 Å². The number of aromatic hydroxyl groups is 1. The van der Waals surface area contributed by atoms with E-state index in [1.807, 2.05) is 0 Å². The number of anilines is 1. The smallest absolute Gasteiger partial charge is 0.416 e. The summed E-state index contributed by atoms with van der Waals surface area (Å²) in [6.45, 7) is 0. The van der Waals surface area contributed by atoms with Gasteiger partial charge in [-0.1, -0.05) is 6.07 Å². The number of rotatable bonds is 2. The molecule has 1 heterocycles. The molecule has 27 heavy (non-hydrogen) atoms. The SMILES string of the molecule is COC(=O)c1c(N)c2ccc(C(F)(F)F)cc2n(-c2ccc(O)cc2)c1=O. The summed E-state index contributed by atoms with van der Waals surface area (Å²) < 4.78 is 44.9. The van der Waals surface area contributed by atoms with Crippen molar-refractivity contribution in [3.8, 4) is 11.4 Å². The largest absolute Gasteiger partial charge is 0.508 e. The normalized spacial score (nSPS) is 11.6. The minimum absolute atomic E-state index is 0.0797. The van der Waals surface area contributed by atoms with Crippen LogP contribution in [0.25, 0.3) is 16.6 Å². The Bertz CT molecular complexity index is 1100. The molecular weight excluding hydrogens is 365 g/mol. The summed E-state index contributed by atoms with van der Waals surface area (Å²) >= 11 is 0. The summed E-state index contributed by atoms with van der Waals surface area (Å²) in [7, 11) is 1.06. The van der Waals surface area contributed by atoms with Crippen molar-refractivity contribution in [1.82, 2.24) is 4.57 Å². The highest BCUT2D eigenvalue weighted by Gasteiger charge is 2.32. The highest BCUT2D eigenvalue weighted by atomic mass is 19.4. The summed E-state index contributed by atoms with van der Waals surface area (Å²) in [5.41, 5.74) is 3.23. The van der Waals surface area contributed by atoms with Gasteiger partial charge in [-0.2, -0.15) is 13.2 Å². The van der Waals surface area contributed by atoms with Crippen LogP contribution in [0.3, 0.4) is 0 Å². The first-order chi connectivity index (χ1) is 12.6. The van der Waals surface area contributed by atoms with Gasteiger partial charge in [-0.3, -0.25) is 9.36 Å². The lowest BCUT2D eigenvalue weighted by Gasteiger charge is -2.17. The van der Waals surface area contributed by atoms with E-state index in [2.05, 4.69) is 4.74 Å². The number of benzene rings is 2. The third-order valence-corrected chi connectivity index (χ3v) is 4.04. The van der Waals surface area contributed by atoms with Gasteiger partial charge in [0.05, 0.1) is 23.9 Å². The van der Waals surface area contributed by atoms with E-state index in [-0.39, 0.29) is 28.0 Å². The average Bonchev–Trinajstić information content (AvgIpc) is 2.62. The first-order valence-electron chi connectivity index (χ1n) is 7.58. The van der Waals surface area contributed by atoms with Crippen LogP contribution in [0.1, 0.15) is 15.9 Å². The molecule has 6 nitrogen and oxygen atoms in total. The van der Waals surface area contributed by atoms with E-state index >= 15 is 0 Å². The number of alkyl halides is 3. The van der Waals surface area contributed by atoms with Crippen LogP contribution < -0.4 is 11.3 Å². The molecule has 0 unspecified atom stereocenters. The number of nitrogens with zero attached hydrogens (tertiary/aromatic N) is 1. The summed E-state index contributed by atoms with van der Waals surface area (Å²) in [5.74, 6) is -1.11. The fourth-order valence-electron chi connectivity index (χ4n) is 2.75. The van der Waals surface area contributed by atoms with Gasteiger partial charge in [-0.25, -0.2) is 4.79 Å². The molecule has 3 rings (SSSR count). The Morgan fingerprint density at radius 1 is 1.15 bits per heavy atom. The Kier molecular flexibility index (Phi) is 4.30. The molecule has 0 aliphatic rings. The van der Waals surface area contributed by atoms with E-state index in [0.717, 1.165) is 29.9 Å². The molecule has 0 saturated carbocycles. The first kappa shape index (κ1) is 18.3. The highest BCUT2D eigenvalue weighted by molar-refractivity contribution is 6.04. The second-order valence-electron chi connectivity index (χ2n) is 5.67. The molecule has 3 aromatic rings. The van der Waals surface area contributed by atoms with Crippen LogP contribution in [0.5, 0.6) is 5.75 Å². The summed E-state index contributed by atoms with van der Waals surface area (Å²) in [6.07, 6.45) is -4.64. The summed E-state index contributed by atoms with van der Waals surface area (Å²) in [6, 6.07) is 7.86. The van der Waals surface area contributed by atoms with Gasteiger partial charge in [-0.15, -0.1) is 0 Å². The molecule has 0 radical (unpaired) electrons. The van der Waals surface area contributed by atoms with E-state index in [9.17, 15) is 27.9 Å². The monoisotopic (exact) mass is 378 g/mol. The maximum atomic E-state index is 13.1. The highest BCUT2D eigenvalue weighted by Crippen LogP contribution is 2.34. The predicted molar refractivity (Wildman–Crippen MR) is 92.0 cm³/mol. The van der Waals surface area contributed by atoms with Crippen molar-refractivity contribution in [2.45, 2.75) is 6.18 Å². The lowest BCUT2D eigenvalue weighted by molar-refractivity contribution is -0.137. The number of methoxy groups -OCH3 is 1. The first-order valence-corrected chi connectivity index (χ1v) is 7.58. The van der Waals surface area contributed by atoms with Gasteiger partial charge in [0.2, 0.25) is 0 Å². The topological polar surface area (TPSA) is 94.6 Å². The van der Waals surface area contributed by atoms with Crippen molar-refractivity contribution in [2.24, 2.45) is 0 Å². The van der Waals surface area contributed by atoms with E-state index in [1.165, 1.54) is 24.3 Å². The van der Waals surface area contributed by atoms with Crippen molar-refractivity contribution in [1.29, 1.82) is 0 Å². The van der Waals surface area contributed by atoms with E-state index in [1.54, 1.807) is 0 Å². The van der Waals surface area contributed by atoms with Gasteiger partial charge < -0.3 is 15.6 Å². The van der Waals surface area contributed by atoms with Gasteiger partial charge in [0.15, 0.2) is 0 Å². The Balaban J connectivity index is 2.50. The Morgan fingerprint density at radius 3 is 2.33 bits per heavy atom. The number of nitrogen functional groups attached to an aromatic ring is 1. The minimum Gasteiger partial charge on any atom is -0.508 e. The molecule has 1 aromatic heterocycles. The quantitative estimate of drug-likeness (QED) is 0.669. The average molecular weight is 378 g/mol. The number of phenolic OH excluding ortho intramolecular Hbond substituents is 1. The van der Waals surface area contributed by atoms with E-state index in [4.69, 9.17) is 5.73 Å². The molecule has 0 fully saturated rings. The molecule has 9 heteroatoms.